The van der Waals surface area contributed by atoms with Crippen molar-refractivity contribution in [3.05, 3.63) is 33.9 Å². The molecule has 0 radical (unpaired) electrons. The van der Waals surface area contributed by atoms with E-state index in [0.717, 1.165) is 0 Å². The molecule has 0 aromatic heterocycles. The second kappa shape index (κ2) is 5.13. The van der Waals surface area contributed by atoms with E-state index in [1.54, 1.807) is 13.8 Å². The van der Waals surface area contributed by atoms with Gasteiger partial charge in [0.25, 0.3) is 5.69 Å². The first-order chi connectivity index (χ1) is 7.85. The molecular weight excluding hydrogens is 244 g/mol. The minimum Gasteiger partial charge on any atom is -0.283 e. The van der Waals surface area contributed by atoms with E-state index >= 15 is 0 Å². The van der Waals surface area contributed by atoms with Gasteiger partial charge in [0.05, 0.1) is 16.4 Å². The average Bonchev–Trinajstić information content (AvgIpc) is 2.20. The summed E-state index contributed by atoms with van der Waals surface area (Å²) in [4.78, 5) is 10.2. The third-order valence-corrected chi connectivity index (χ3v) is 3.64. The van der Waals surface area contributed by atoms with Gasteiger partial charge in [0.15, 0.2) is 0 Å². The summed E-state index contributed by atoms with van der Waals surface area (Å²) in [5.74, 6) is -0.00528. The quantitative estimate of drug-likeness (QED) is 0.646. The Morgan fingerprint density at radius 2 is 2.06 bits per heavy atom. The van der Waals surface area contributed by atoms with Gasteiger partial charge in [-0.2, -0.15) is 0 Å². The second-order valence-electron chi connectivity index (χ2n) is 3.68. The Kier molecular flexibility index (Phi) is 4.06. The molecule has 0 bridgehead atoms. The summed E-state index contributed by atoms with van der Waals surface area (Å²) in [6, 6.07) is 4.25. The van der Waals surface area contributed by atoms with Crippen molar-refractivity contribution >= 4 is 21.4 Å². The first-order valence-electron chi connectivity index (χ1n) is 5.11. The first kappa shape index (κ1) is 13.4. The topological polar surface area (TPSA) is 89.3 Å². The molecule has 0 saturated heterocycles. The highest BCUT2D eigenvalue weighted by atomic mass is 32.2. The zero-order chi connectivity index (χ0) is 13.1. The number of anilines is 1. The predicted octanol–water partition coefficient (Wildman–Crippen LogP) is 2.05. The molecule has 6 nitrogen and oxygen atoms in total. The fraction of sp³-hybridized carbons (Fsp3) is 0.400. The third kappa shape index (κ3) is 3.70. The molecule has 17 heavy (non-hydrogen) atoms. The maximum atomic E-state index is 11.5. The summed E-state index contributed by atoms with van der Waals surface area (Å²) in [5.41, 5.74) is 0.617. The number of hydrogen-bond donors (Lipinski definition) is 1. The average molecular weight is 258 g/mol. The van der Waals surface area contributed by atoms with Crippen LogP contribution >= 0.6 is 0 Å². The van der Waals surface area contributed by atoms with Gasteiger partial charge in [0, 0.05) is 11.6 Å². The van der Waals surface area contributed by atoms with Gasteiger partial charge in [0.1, 0.15) is 0 Å². The largest absolute Gasteiger partial charge is 0.283 e. The van der Waals surface area contributed by atoms with Crippen molar-refractivity contribution in [3.63, 3.8) is 0 Å². The number of nitro groups is 1. The van der Waals surface area contributed by atoms with E-state index in [4.69, 9.17) is 0 Å². The number of nitrogens with zero attached hydrogens (tertiary/aromatic N) is 1. The lowest BCUT2D eigenvalue weighted by atomic mass is 10.2. The van der Waals surface area contributed by atoms with E-state index in [0.29, 0.717) is 12.0 Å². The molecule has 94 valence electrons. The summed E-state index contributed by atoms with van der Waals surface area (Å²) in [5, 5.41) is 10.7. The first-order valence-corrected chi connectivity index (χ1v) is 6.76. The standard InChI is InChI=1S/C10H14N2O4S/c1-3-6-17(15,16)11-9-5-4-8(2)10(7-9)12(13)14/h4-5,7,11H,3,6H2,1-2H3. The maximum Gasteiger partial charge on any atom is 0.274 e. The van der Waals surface area contributed by atoms with Crippen molar-refractivity contribution in [1.82, 2.24) is 0 Å². The Hall–Kier alpha value is -1.63. The van der Waals surface area contributed by atoms with Crippen LogP contribution in [0.25, 0.3) is 0 Å². The van der Waals surface area contributed by atoms with Crippen molar-refractivity contribution in [3.8, 4) is 0 Å². The van der Waals surface area contributed by atoms with Crippen LogP contribution in [0.4, 0.5) is 11.4 Å². The van der Waals surface area contributed by atoms with Crippen molar-refractivity contribution in [2.75, 3.05) is 10.5 Å². The fourth-order valence-corrected chi connectivity index (χ4v) is 2.49. The van der Waals surface area contributed by atoms with E-state index in [9.17, 15) is 18.5 Å². The summed E-state index contributed by atoms with van der Waals surface area (Å²) < 4.78 is 25.3. The molecule has 1 N–H and O–H groups in total. The van der Waals surface area contributed by atoms with Crippen LogP contribution in [0.3, 0.4) is 0 Å². The Bertz CT molecular complexity index is 525. The molecule has 0 spiro atoms. The van der Waals surface area contributed by atoms with Crippen LogP contribution in [0.2, 0.25) is 0 Å². The zero-order valence-electron chi connectivity index (χ0n) is 9.63. The summed E-state index contributed by atoms with van der Waals surface area (Å²) in [6.45, 7) is 3.35. The van der Waals surface area contributed by atoms with Gasteiger partial charge >= 0.3 is 0 Å². The van der Waals surface area contributed by atoms with Crippen LogP contribution in [0.1, 0.15) is 18.9 Å². The van der Waals surface area contributed by atoms with Gasteiger partial charge in [-0.1, -0.05) is 13.0 Å². The van der Waals surface area contributed by atoms with E-state index in [2.05, 4.69) is 4.72 Å². The normalized spacial score (nSPS) is 11.2. The molecule has 0 aliphatic carbocycles. The SMILES string of the molecule is CCCS(=O)(=O)Nc1ccc(C)c([N+](=O)[O-])c1. The number of aryl methyl sites for hydroxylation is 1. The number of nitrogens with one attached hydrogen (secondary N) is 1. The minimum atomic E-state index is -3.41. The predicted molar refractivity (Wildman–Crippen MR) is 65.5 cm³/mol. The molecule has 7 heteroatoms. The highest BCUT2D eigenvalue weighted by molar-refractivity contribution is 7.92. The lowest BCUT2D eigenvalue weighted by Gasteiger charge is -2.07. The second-order valence-corrected chi connectivity index (χ2v) is 5.52. The van der Waals surface area contributed by atoms with Crippen molar-refractivity contribution in [1.29, 1.82) is 0 Å². The van der Waals surface area contributed by atoms with Crippen LogP contribution in [0.15, 0.2) is 18.2 Å². The molecule has 0 atom stereocenters. The fourth-order valence-electron chi connectivity index (χ4n) is 1.37. The van der Waals surface area contributed by atoms with Crippen molar-refractivity contribution < 1.29 is 13.3 Å². The van der Waals surface area contributed by atoms with Crippen LogP contribution in [-0.2, 0) is 10.0 Å². The lowest BCUT2D eigenvalue weighted by molar-refractivity contribution is -0.385. The van der Waals surface area contributed by atoms with Gasteiger partial charge in [-0.25, -0.2) is 8.42 Å². The molecule has 0 aliphatic rings. The summed E-state index contributed by atoms with van der Waals surface area (Å²) in [7, 11) is -3.41. The number of nitro benzene ring substituents is 1. The molecule has 0 heterocycles. The number of hydrogen-bond acceptors (Lipinski definition) is 4. The van der Waals surface area contributed by atoms with Crippen LogP contribution in [0.5, 0.6) is 0 Å². The maximum absolute atomic E-state index is 11.5. The molecular formula is C10H14N2O4S. The molecule has 1 aromatic carbocycles. The van der Waals surface area contributed by atoms with Gasteiger partial charge in [0.2, 0.25) is 10.0 Å². The van der Waals surface area contributed by atoms with Gasteiger partial charge < -0.3 is 0 Å². The zero-order valence-corrected chi connectivity index (χ0v) is 10.5. The monoisotopic (exact) mass is 258 g/mol. The molecule has 0 unspecified atom stereocenters. The smallest absolute Gasteiger partial charge is 0.274 e. The van der Waals surface area contributed by atoms with Crippen molar-refractivity contribution in [2.45, 2.75) is 20.3 Å². The number of rotatable bonds is 5. The van der Waals surface area contributed by atoms with Crippen LogP contribution in [-0.4, -0.2) is 19.1 Å². The Morgan fingerprint density at radius 3 is 2.59 bits per heavy atom. The van der Waals surface area contributed by atoms with E-state index in [1.807, 2.05) is 0 Å². The Morgan fingerprint density at radius 1 is 1.41 bits per heavy atom. The molecule has 0 fully saturated rings. The number of benzene rings is 1. The van der Waals surface area contributed by atoms with E-state index in [1.165, 1.54) is 18.2 Å². The molecule has 0 saturated carbocycles. The van der Waals surface area contributed by atoms with Gasteiger partial charge in [-0.05, 0) is 19.4 Å². The Balaban J connectivity index is 3.02. The molecule has 1 aromatic rings. The van der Waals surface area contributed by atoms with Crippen LogP contribution in [0, 0.1) is 17.0 Å². The minimum absolute atomic E-state index is 0.00528. The van der Waals surface area contributed by atoms with E-state index in [-0.39, 0.29) is 17.1 Å². The third-order valence-electron chi connectivity index (χ3n) is 2.15. The van der Waals surface area contributed by atoms with E-state index < -0.39 is 14.9 Å². The molecule has 1 rings (SSSR count). The highest BCUT2D eigenvalue weighted by Gasteiger charge is 2.14. The molecule has 0 amide bonds. The molecule has 0 aliphatic heterocycles. The Labute approximate surface area is 99.9 Å². The number of sulfonamides is 1. The highest BCUT2D eigenvalue weighted by Crippen LogP contribution is 2.22. The van der Waals surface area contributed by atoms with Crippen LogP contribution < -0.4 is 4.72 Å². The summed E-state index contributed by atoms with van der Waals surface area (Å²) in [6.07, 6.45) is 0.489. The summed E-state index contributed by atoms with van der Waals surface area (Å²) >= 11 is 0. The van der Waals surface area contributed by atoms with Gasteiger partial charge in [-0.3, -0.25) is 14.8 Å². The van der Waals surface area contributed by atoms with Gasteiger partial charge in [-0.15, -0.1) is 0 Å². The van der Waals surface area contributed by atoms with Crippen molar-refractivity contribution in [2.24, 2.45) is 0 Å². The lowest BCUT2D eigenvalue weighted by Crippen LogP contribution is -2.16.